The Kier molecular flexibility index (Phi) is 7.10. The molecule has 0 saturated carbocycles. The molecular formula is C26H27N5OS. The number of aryl methyl sites for hydroxylation is 3. The molecule has 2 N–H and O–H groups in total. The highest BCUT2D eigenvalue weighted by atomic mass is 32.2. The summed E-state index contributed by atoms with van der Waals surface area (Å²) in [6.07, 6.45) is 0. The van der Waals surface area contributed by atoms with Gasteiger partial charge in [0.05, 0.1) is 12.3 Å². The summed E-state index contributed by atoms with van der Waals surface area (Å²) in [7, 11) is 0. The van der Waals surface area contributed by atoms with Gasteiger partial charge in [-0.05, 0) is 62.7 Å². The summed E-state index contributed by atoms with van der Waals surface area (Å²) >= 11 is 1.37. The van der Waals surface area contributed by atoms with Crippen LogP contribution in [0.3, 0.4) is 0 Å². The van der Waals surface area contributed by atoms with Gasteiger partial charge in [-0.2, -0.15) is 0 Å². The topological polar surface area (TPSA) is 71.8 Å². The minimum absolute atomic E-state index is 0.0802. The van der Waals surface area contributed by atoms with Crippen molar-refractivity contribution in [3.05, 3.63) is 95.3 Å². The first-order chi connectivity index (χ1) is 16.0. The molecular weight excluding hydrogens is 430 g/mol. The molecule has 0 saturated heterocycles. The molecule has 0 aliphatic rings. The molecule has 3 aromatic carbocycles. The molecule has 6 nitrogen and oxygen atoms in total. The average molecular weight is 458 g/mol. The van der Waals surface area contributed by atoms with Crippen LogP contribution in [-0.2, 0) is 11.3 Å². The van der Waals surface area contributed by atoms with E-state index in [1.54, 1.807) is 0 Å². The lowest BCUT2D eigenvalue weighted by atomic mass is 10.2. The molecule has 4 aromatic rings. The van der Waals surface area contributed by atoms with Crippen LogP contribution in [0.1, 0.15) is 22.5 Å². The fourth-order valence-corrected chi connectivity index (χ4v) is 4.13. The number of amides is 1. The van der Waals surface area contributed by atoms with Crippen LogP contribution >= 0.6 is 11.8 Å². The van der Waals surface area contributed by atoms with Crippen molar-refractivity contribution in [2.75, 3.05) is 16.4 Å². The number of anilines is 2. The second kappa shape index (κ2) is 10.4. The lowest BCUT2D eigenvalue weighted by Crippen LogP contribution is -2.15. The van der Waals surface area contributed by atoms with Gasteiger partial charge in [0.1, 0.15) is 0 Å². The lowest BCUT2D eigenvalue weighted by Gasteiger charge is -2.12. The van der Waals surface area contributed by atoms with Gasteiger partial charge in [0, 0.05) is 17.1 Å². The van der Waals surface area contributed by atoms with Gasteiger partial charge in [-0.1, -0.05) is 59.3 Å². The molecule has 0 fully saturated rings. The number of benzene rings is 3. The second-order valence-corrected chi connectivity index (χ2v) is 8.94. The van der Waals surface area contributed by atoms with Crippen molar-refractivity contribution in [2.45, 2.75) is 32.5 Å². The van der Waals surface area contributed by atoms with E-state index in [9.17, 15) is 4.79 Å². The van der Waals surface area contributed by atoms with E-state index in [1.807, 2.05) is 60.0 Å². The number of carbonyl (C=O) groups is 1. The number of nitrogens with zero attached hydrogens (tertiary/aromatic N) is 3. The van der Waals surface area contributed by atoms with Crippen molar-refractivity contribution in [3.63, 3.8) is 0 Å². The highest BCUT2D eigenvalue weighted by Gasteiger charge is 2.16. The minimum Gasteiger partial charge on any atom is -0.378 e. The monoisotopic (exact) mass is 457 g/mol. The van der Waals surface area contributed by atoms with Crippen LogP contribution in [0.5, 0.6) is 0 Å². The molecule has 0 atom stereocenters. The van der Waals surface area contributed by atoms with Crippen LogP contribution in [0.2, 0.25) is 0 Å². The predicted molar refractivity (Wildman–Crippen MR) is 135 cm³/mol. The summed E-state index contributed by atoms with van der Waals surface area (Å²) in [6, 6.07) is 24.2. The van der Waals surface area contributed by atoms with Gasteiger partial charge in [-0.15, -0.1) is 10.2 Å². The van der Waals surface area contributed by atoms with E-state index in [0.717, 1.165) is 28.5 Å². The second-order valence-electron chi connectivity index (χ2n) is 8.00. The van der Waals surface area contributed by atoms with Crippen LogP contribution in [0.25, 0.3) is 5.69 Å². The maximum absolute atomic E-state index is 12.5. The molecule has 1 amide bonds. The van der Waals surface area contributed by atoms with Crippen LogP contribution < -0.4 is 10.6 Å². The van der Waals surface area contributed by atoms with E-state index >= 15 is 0 Å². The Hall–Kier alpha value is -3.58. The molecule has 0 radical (unpaired) electrons. The molecule has 1 aromatic heterocycles. The van der Waals surface area contributed by atoms with Crippen LogP contribution in [0.15, 0.2) is 78.0 Å². The largest absolute Gasteiger partial charge is 0.378 e. The van der Waals surface area contributed by atoms with E-state index in [0.29, 0.717) is 11.7 Å². The Labute approximate surface area is 198 Å². The molecule has 1 heterocycles. The van der Waals surface area contributed by atoms with Crippen LogP contribution in [0, 0.1) is 20.8 Å². The molecule has 7 heteroatoms. The third-order valence-electron chi connectivity index (χ3n) is 5.13. The Morgan fingerprint density at radius 1 is 0.848 bits per heavy atom. The zero-order chi connectivity index (χ0) is 23.2. The zero-order valence-electron chi connectivity index (χ0n) is 19.0. The highest BCUT2D eigenvalue weighted by Crippen LogP contribution is 2.24. The van der Waals surface area contributed by atoms with Gasteiger partial charge in [0.15, 0.2) is 11.0 Å². The summed E-state index contributed by atoms with van der Waals surface area (Å²) in [4.78, 5) is 12.5. The van der Waals surface area contributed by atoms with Crippen molar-refractivity contribution in [1.82, 2.24) is 14.8 Å². The van der Waals surface area contributed by atoms with E-state index in [-0.39, 0.29) is 11.7 Å². The van der Waals surface area contributed by atoms with Crippen molar-refractivity contribution in [1.29, 1.82) is 0 Å². The maximum Gasteiger partial charge on any atom is 0.234 e. The third kappa shape index (κ3) is 6.02. The van der Waals surface area contributed by atoms with Gasteiger partial charge in [-0.25, -0.2) is 0 Å². The first kappa shape index (κ1) is 22.6. The summed E-state index contributed by atoms with van der Waals surface area (Å²) in [5.41, 5.74) is 6.27. The molecule has 33 heavy (non-hydrogen) atoms. The maximum atomic E-state index is 12.5. The Morgan fingerprint density at radius 2 is 1.55 bits per heavy atom. The molecule has 0 bridgehead atoms. The number of thioether (sulfide) groups is 1. The fraction of sp³-hybridized carbons (Fsp3) is 0.192. The highest BCUT2D eigenvalue weighted by molar-refractivity contribution is 7.99. The zero-order valence-corrected chi connectivity index (χ0v) is 19.8. The van der Waals surface area contributed by atoms with Gasteiger partial charge in [0.25, 0.3) is 0 Å². The van der Waals surface area contributed by atoms with Gasteiger partial charge in [0.2, 0.25) is 5.91 Å². The van der Waals surface area contributed by atoms with Gasteiger partial charge < -0.3 is 10.6 Å². The van der Waals surface area contributed by atoms with Crippen LogP contribution in [0.4, 0.5) is 11.4 Å². The standard InChI is InChI=1S/C26H27N5OS/c1-18-7-11-21(12-8-18)27-16-24-29-30-26(31(24)23-13-9-19(2)10-14-23)33-17-25(32)28-22-6-4-5-20(3)15-22/h4-15,27H,16-17H2,1-3H3,(H,28,32). The van der Waals surface area contributed by atoms with E-state index in [4.69, 9.17) is 0 Å². The number of aromatic nitrogens is 3. The number of nitrogens with one attached hydrogen (secondary N) is 2. The SMILES string of the molecule is Cc1ccc(NCc2nnc(SCC(=O)Nc3cccc(C)c3)n2-c2ccc(C)cc2)cc1. The molecule has 0 aliphatic carbocycles. The molecule has 0 unspecified atom stereocenters. The Morgan fingerprint density at radius 3 is 2.24 bits per heavy atom. The first-order valence-electron chi connectivity index (χ1n) is 10.8. The Bertz CT molecular complexity index is 1230. The van der Waals surface area contributed by atoms with Crippen molar-refractivity contribution in [2.24, 2.45) is 0 Å². The molecule has 0 spiro atoms. The smallest absolute Gasteiger partial charge is 0.234 e. The Balaban J connectivity index is 1.51. The van der Waals surface area contributed by atoms with Gasteiger partial charge in [-0.3, -0.25) is 9.36 Å². The summed E-state index contributed by atoms with van der Waals surface area (Å²) < 4.78 is 2.01. The summed E-state index contributed by atoms with van der Waals surface area (Å²) in [5.74, 6) is 0.938. The molecule has 4 rings (SSSR count). The third-order valence-corrected chi connectivity index (χ3v) is 6.06. The quantitative estimate of drug-likeness (QED) is 0.340. The average Bonchev–Trinajstić information content (AvgIpc) is 3.21. The van der Waals surface area contributed by atoms with E-state index < -0.39 is 0 Å². The van der Waals surface area contributed by atoms with E-state index in [1.165, 1.54) is 22.9 Å². The number of carbonyl (C=O) groups excluding carboxylic acids is 1. The van der Waals surface area contributed by atoms with E-state index in [2.05, 4.69) is 58.9 Å². The summed E-state index contributed by atoms with van der Waals surface area (Å²) in [6.45, 7) is 6.64. The normalized spacial score (nSPS) is 10.8. The summed E-state index contributed by atoms with van der Waals surface area (Å²) in [5, 5.41) is 15.9. The number of hydrogen-bond acceptors (Lipinski definition) is 5. The number of rotatable bonds is 8. The van der Waals surface area contributed by atoms with Gasteiger partial charge >= 0.3 is 0 Å². The predicted octanol–water partition coefficient (Wildman–Crippen LogP) is 5.54. The molecule has 168 valence electrons. The van der Waals surface area contributed by atoms with Crippen molar-refractivity contribution < 1.29 is 4.79 Å². The van der Waals surface area contributed by atoms with Crippen LogP contribution in [-0.4, -0.2) is 26.4 Å². The van der Waals surface area contributed by atoms with Crippen molar-refractivity contribution >= 4 is 29.0 Å². The fourth-order valence-electron chi connectivity index (χ4n) is 3.36. The lowest BCUT2D eigenvalue weighted by molar-refractivity contribution is -0.113. The number of hydrogen-bond donors (Lipinski definition) is 2. The first-order valence-corrected chi connectivity index (χ1v) is 11.8. The molecule has 0 aliphatic heterocycles. The van der Waals surface area contributed by atoms with Crippen molar-refractivity contribution in [3.8, 4) is 5.69 Å². The minimum atomic E-state index is -0.0802.